The molecule has 1 aliphatic rings. The van der Waals surface area contributed by atoms with Gasteiger partial charge in [-0.25, -0.2) is 9.50 Å². The Bertz CT molecular complexity index is 1450. The molecule has 7 nitrogen and oxygen atoms in total. The fourth-order valence-corrected chi connectivity index (χ4v) is 4.45. The zero-order valence-electron chi connectivity index (χ0n) is 17.0. The van der Waals surface area contributed by atoms with E-state index in [9.17, 15) is 4.79 Å². The van der Waals surface area contributed by atoms with Crippen LogP contribution >= 0.6 is 0 Å². The van der Waals surface area contributed by atoms with Gasteiger partial charge in [0.15, 0.2) is 0 Å². The molecule has 1 aromatic carbocycles. The lowest BCUT2D eigenvalue weighted by Crippen LogP contribution is -2.41. The maximum Gasteiger partial charge on any atom is 0.258 e. The molecule has 6 rings (SSSR count). The van der Waals surface area contributed by atoms with Crippen LogP contribution in [0.25, 0.3) is 16.3 Å². The molecule has 7 heteroatoms. The second kappa shape index (κ2) is 6.77. The van der Waals surface area contributed by atoms with Crippen molar-refractivity contribution in [3.05, 3.63) is 95.6 Å². The predicted octanol–water partition coefficient (Wildman–Crippen LogP) is 3.70. The topological polar surface area (TPSA) is 79.2 Å². The number of imidazole rings is 1. The van der Waals surface area contributed by atoms with Crippen molar-refractivity contribution in [2.75, 3.05) is 6.54 Å². The minimum absolute atomic E-state index is 0.0625. The van der Waals surface area contributed by atoms with Crippen molar-refractivity contribution < 1.29 is 4.79 Å². The molecule has 0 bridgehead atoms. The summed E-state index contributed by atoms with van der Waals surface area (Å²) in [5, 5.41) is 6.56. The Balaban J connectivity index is 1.48. The monoisotopic (exact) mass is 408 g/mol. The first-order valence-electron chi connectivity index (χ1n) is 10.3. The van der Waals surface area contributed by atoms with Crippen LogP contribution in [0.5, 0.6) is 0 Å². The normalized spacial score (nSPS) is 16.0. The number of pyridine rings is 2. The van der Waals surface area contributed by atoms with Crippen molar-refractivity contribution in [3.63, 3.8) is 0 Å². The summed E-state index contributed by atoms with van der Waals surface area (Å²) in [4.78, 5) is 28.1. The summed E-state index contributed by atoms with van der Waals surface area (Å²) in [5.74, 6) is -0.0625. The summed E-state index contributed by atoms with van der Waals surface area (Å²) >= 11 is 0. The number of aromatic amines is 1. The molecule has 5 heterocycles. The van der Waals surface area contributed by atoms with E-state index in [0.29, 0.717) is 12.1 Å². The van der Waals surface area contributed by atoms with Crippen LogP contribution in [0.3, 0.4) is 0 Å². The molecule has 5 aromatic rings. The molecule has 152 valence electrons. The predicted molar refractivity (Wildman–Crippen MR) is 117 cm³/mol. The second-order valence-corrected chi connectivity index (χ2v) is 7.97. The van der Waals surface area contributed by atoms with E-state index in [-0.39, 0.29) is 11.9 Å². The van der Waals surface area contributed by atoms with Crippen LogP contribution in [0.2, 0.25) is 0 Å². The van der Waals surface area contributed by atoms with E-state index in [1.54, 1.807) is 17.0 Å². The summed E-state index contributed by atoms with van der Waals surface area (Å²) < 4.78 is 1.76. The Morgan fingerprint density at radius 3 is 2.87 bits per heavy atom. The van der Waals surface area contributed by atoms with Crippen LogP contribution in [-0.2, 0) is 6.42 Å². The average molecular weight is 408 g/mol. The van der Waals surface area contributed by atoms with Gasteiger partial charge in [-0.1, -0.05) is 30.3 Å². The number of amides is 1. The van der Waals surface area contributed by atoms with Gasteiger partial charge >= 0.3 is 0 Å². The van der Waals surface area contributed by atoms with Crippen LogP contribution in [0.1, 0.15) is 39.0 Å². The number of nitrogens with zero attached hydrogens (tertiary/aromatic N) is 5. The van der Waals surface area contributed by atoms with Gasteiger partial charge in [-0.2, -0.15) is 5.10 Å². The van der Waals surface area contributed by atoms with E-state index >= 15 is 0 Å². The molecule has 1 amide bonds. The lowest BCUT2D eigenvalue weighted by Gasteiger charge is -2.34. The zero-order chi connectivity index (χ0) is 20.9. The Labute approximate surface area is 178 Å². The molecular formula is C24H20N6O. The van der Waals surface area contributed by atoms with Gasteiger partial charge in [0.2, 0.25) is 0 Å². The van der Waals surface area contributed by atoms with Crippen molar-refractivity contribution in [1.29, 1.82) is 0 Å². The van der Waals surface area contributed by atoms with E-state index < -0.39 is 0 Å². The maximum absolute atomic E-state index is 13.7. The Hall–Kier alpha value is -4.00. The summed E-state index contributed by atoms with van der Waals surface area (Å²) in [6.07, 6.45) is 7.87. The highest BCUT2D eigenvalue weighted by Gasteiger charge is 2.36. The highest BCUT2D eigenvalue weighted by atomic mass is 16.2. The lowest BCUT2D eigenvalue weighted by molar-refractivity contribution is 0.0689. The first-order valence-corrected chi connectivity index (χ1v) is 10.3. The zero-order valence-corrected chi connectivity index (χ0v) is 17.0. The summed E-state index contributed by atoms with van der Waals surface area (Å²) in [5.41, 5.74) is 5.20. The number of rotatable bonds is 2. The van der Waals surface area contributed by atoms with Crippen LogP contribution < -0.4 is 0 Å². The standard InChI is InChI=1S/C24H20N6O/c1-15-6-7-21-18(12-28-30(21)13-15)24(31)29-9-8-19-22(27-14-26-19)23(29)20-10-16-4-2-3-5-17(16)11-25-20/h2-7,10-14,23H,8-9H2,1H3,(H,26,27)/t23-/m1/s1. The summed E-state index contributed by atoms with van der Waals surface area (Å²) in [7, 11) is 0. The van der Waals surface area contributed by atoms with Gasteiger partial charge in [-0.15, -0.1) is 0 Å². The van der Waals surface area contributed by atoms with Gasteiger partial charge in [-0.3, -0.25) is 9.78 Å². The molecule has 0 spiro atoms. The first kappa shape index (κ1) is 17.8. The first-order chi connectivity index (χ1) is 15.2. The van der Waals surface area contributed by atoms with Crippen molar-refractivity contribution in [1.82, 2.24) is 29.5 Å². The fraction of sp³-hybridized carbons (Fsp3) is 0.167. The number of hydrogen-bond donors (Lipinski definition) is 1. The van der Waals surface area contributed by atoms with E-state index in [4.69, 9.17) is 4.98 Å². The average Bonchev–Trinajstić information content (AvgIpc) is 3.44. The molecule has 0 unspecified atom stereocenters. The molecular weight excluding hydrogens is 388 g/mol. The molecule has 0 aliphatic carbocycles. The van der Waals surface area contributed by atoms with Crippen LogP contribution in [0.4, 0.5) is 0 Å². The van der Waals surface area contributed by atoms with Gasteiger partial charge in [0.1, 0.15) is 6.04 Å². The van der Waals surface area contributed by atoms with E-state index in [0.717, 1.165) is 45.4 Å². The van der Waals surface area contributed by atoms with E-state index in [1.807, 2.05) is 54.5 Å². The number of fused-ring (bicyclic) bond motifs is 3. The van der Waals surface area contributed by atoms with Gasteiger partial charge in [0.05, 0.1) is 35.0 Å². The van der Waals surface area contributed by atoms with Crippen molar-refractivity contribution in [2.24, 2.45) is 0 Å². The molecule has 1 aliphatic heterocycles. The highest BCUT2D eigenvalue weighted by molar-refractivity contribution is 6.01. The van der Waals surface area contributed by atoms with Gasteiger partial charge < -0.3 is 9.88 Å². The Morgan fingerprint density at radius 2 is 1.97 bits per heavy atom. The molecule has 0 fully saturated rings. The number of H-pyrrole nitrogens is 1. The maximum atomic E-state index is 13.7. The summed E-state index contributed by atoms with van der Waals surface area (Å²) in [6, 6.07) is 13.8. The van der Waals surface area contributed by atoms with Gasteiger partial charge in [-0.05, 0) is 30.0 Å². The number of carbonyl (C=O) groups is 1. The fourth-order valence-electron chi connectivity index (χ4n) is 4.45. The molecule has 0 saturated carbocycles. The lowest BCUT2D eigenvalue weighted by atomic mass is 9.97. The smallest absolute Gasteiger partial charge is 0.258 e. The van der Waals surface area contributed by atoms with Crippen molar-refractivity contribution in [3.8, 4) is 0 Å². The SMILES string of the molecule is Cc1ccc2c(C(=O)N3CCc4[nH]cnc4[C@H]3c3cc4ccccc4cn3)cnn2c1. The molecule has 0 radical (unpaired) electrons. The Morgan fingerprint density at radius 1 is 1.10 bits per heavy atom. The van der Waals surface area contributed by atoms with E-state index in [2.05, 4.69) is 27.2 Å². The van der Waals surface area contributed by atoms with Crippen LogP contribution in [0.15, 0.2) is 67.4 Å². The minimum atomic E-state index is -0.354. The number of hydrogen-bond acceptors (Lipinski definition) is 4. The molecule has 4 aromatic heterocycles. The third-order valence-electron chi connectivity index (χ3n) is 6.01. The Kier molecular flexibility index (Phi) is 3.89. The number of nitrogens with one attached hydrogen (secondary N) is 1. The number of aryl methyl sites for hydroxylation is 1. The third-order valence-corrected chi connectivity index (χ3v) is 6.01. The van der Waals surface area contributed by atoms with Crippen LogP contribution in [-0.4, -0.2) is 41.9 Å². The second-order valence-electron chi connectivity index (χ2n) is 7.97. The van der Waals surface area contributed by atoms with Crippen molar-refractivity contribution >= 4 is 22.2 Å². The molecule has 0 saturated heterocycles. The molecule has 31 heavy (non-hydrogen) atoms. The quantitative estimate of drug-likeness (QED) is 0.483. The number of aromatic nitrogens is 5. The minimum Gasteiger partial charge on any atom is -0.348 e. The van der Waals surface area contributed by atoms with E-state index in [1.165, 1.54) is 0 Å². The van der Waals surface area contributed by atoms with Crippen LogP contribution in [0, 0.1) is 6.92 Å². The van der Waals surface area contributed by atoms with Gasteiger partial charge in [0, 0.05) is 36.4 Å². The number of benzene rings is 1. The molecule has 1 N–H and O–H groups in total. The summed E-state index contributed by atoms with van der Waals surface area (Å²) in [6.45, 7) is 2.59. The largest absolute Gasteiger partial charge is 0.348 e. The van der Waals surface area contributed by atoms with Gasteiger partial charge in [0.25, 0.3) is 5.91 Å². The third kappa shape index (κ3) is 2.81. The highest BCUT2D eigenvalue weighted by Crippen LogP contribution is 2.35. The number of carbonyl (C=O) groups excluding carboxylic acids is 1. The van der Waals surface area contributed by atoms with Crippen molar-refractivity contribution in [2.45, 2.75) is 19.4 Å². The molecule has 1 atom stereocenters.